The van der Waals surface area contributed by atoms with Crippen molar-refractivity contribution in [1.29, 1.82) is 0 Å². The molecule has 0 saturated carbocycles. The number of carboxylic acid groups (broad SMARTS) is 2. The molecule has 0 aliphatic carbocycles. The summed E-state index contributed by atoms with van der Waals surface area (Å²) < 4.78 is 0. The summed E-state index contributed by atoms with van der Waals surface area (Å²) in [6, 6.07) is 0. The standard InChI is InChI=1S/C25H44O4/c1-3-5-7-9-11-13-15-18-22(24(26)27)20-17-21-23(25(28)29)19-16-14-12-10-8-6-4-2/h3-4,22-23H,1-2,5-21H2,(H,26,27)(H,28,29). The molecule has 0 fully saturated rings. The van der Waals surface area contributed by atoms with E-state index in [1.807, 2.05) is 12.2 Å². The molecule has 0 aliphatic rings. The molecule has 0 radical (unpaired) electrons. The molecule has 2 unspecified atom stereocenters. The normalized spacial score (nSPS) is 13.0. The van der Waals surface area contributed by atoms with Gasteiger partial charge in [0.15, 0.2) is 0 Å². The first kappa shape index (κ1) is 27.4. The molecule has 0 rings (SSSR count). The molecule has 0 amide bonds. The summed E-state index contributed by atoms with van der Waals surface area (Å²) in [6.45, 7) is 7.44. The summed E-state index contributed by atoms with van der Waals surface area (Å²) in [6.07, 6.45) is 20.3. The van der Waals surface area contributed by atoms with Crippen LogP contribution in [0.4, 0.5) is 0 Å². The van der Waals surface area contributed by atoms with E-state index in [2.05, 4.69) is 13.2 Å². The van der Waals surface area contributed by atoms with E-state index in [0.29, 0.717) is 32.1 Å². The monoisotopic (exact) mass is 408 g/mol. The van der Waals surface area contributed by atoms with Gasteiger partial charge >= 0.3 is 11.9 Å². The number of hydrogen-bond acceptors (Lipinski definition) is 2. The summed E-state index contributed by atoms with van der Waals surface area (Å²) >= 11 is 0. The first-order valence-corrected chi connectivity index (χ1v) is 11.7. The SMILES string of the molecule is C=CCCCCCCCC(CCCC(CCCCCCCC=C)C(=O)O)C(=O)O. The minimum atomic E-state index is -0.733. The number of allylic oxidation sites excluding steroid dienone is 2. The summed E-state index contributed by atoms with van der Waals surface area (Å²) in [5.41, 5.74) is 0. The van der Waals surface area contributed by atoms with Crippen LogP contribution in [-0.2, 0) is 9.59 Å². The van der Waals surface area contributed by atoms with Crippen LogP contribution in [0.3, 0.4) is 0 Å². The van der Waals surface area contributed by atoms with E-state index < -0.39 is 11.9 Å². The van der Waals surface area contributed by atoms with Gasteiger partial charge in [-0.2, -0.15) is 0 Å². The second kappa shape index (κ2) is 19.7. The lowest BCUT2D eigenvalue weighted by atomic mass is 9.90. The lowest BCUT2D eigenvalue weighted by molar-refractivity contribution is -0.142. The Bertz CT molecular complexity index is 404. The molecular weight excluding hydrogens is 364 g/mol. The fourth-order valence-corrected chi connectivity index (χ4v) is 3.81. The van der Waals surface area contributed by atoms with Crippen LogP contribution in [0.2, 0.25) is 0 Å². The molecule has 4 nitrogen and oxygen atoms in total. The Morgan fingerprint density at radius 3 is 1.21 bits per heavy atom. The van der Waals surface area contributed by atoms with Crippen LogP contribution in [0.15, 0.2) is 25.3 Å². The maximum atomic E-state index is 11.5. The lowest BCUT2D eigenvalue weighted by Gasteiger charge is -2.15. The number of unbranched alkanes of at least 4 members (excludes halogenated alkanes) is 10. The number of carboxylic acids is 2. The summed E-state index contributed by atoms with van der Waals surface area (Å²) in [4.78, 5) is 23.0. The maximum absolute atomic E-state index is 11.5. The van der Waals surface area contributed by atoms with Gasteiger partial charge in [0.05, 0.1) is 11.8 Å². The Balaban J connectivity index is 3.98. The summed E-state index contributed by atoms with van der Waals surface area (Å²) in [5.74, 6) is -2.13. The first-order chi connectivity index (χ1) is 14.0. The average Bonchev–Trinajstić information content (AvgIpc) is 2.69. The van der Waals surface area contributed by atoms with Gasteiger partial charge in [0, 0.05) is 0 Å². The molecule has 168 valence electrons. The van der Waals surface area contributed by atoms with Crippen LogP contribution >= 0.6 is 0 Å². The van der Waals surface area contributed by atoms with E-state index in [1.54, 1.807) is 0 Å². The third kappa shape index (κ3) is 17.0. The van der Waals surface area contributed by atoms with Crippen LogP contribution in [0.5, 0.6) is 0 Å². The summed E-state index contributed by atoms with van der Waals surface area (Å²) in [5, 5.41) is 18.9. The third-order valence-corrected chi connectivity index (χ3v) is 5.73. The van der Waals surface area contributed by atoms with Gasteiger partial charge in [0.1, 0.15) is 0 Å². The fraction of sp³-hybridized carbons (Fsp3) is 0.760. The number of hydrogen-bond donors (Lipinski definition) is 2. The van der Waals surface area contributed by atoms with Crippen LogP contribution < -0.4 is 0 Å². The van der Waals surface area contributed by atoms with Crippen molar-refractivity contribution in [2.75, 3.05) is 0 Å². The molecule has 0 aromatic rings. The zero-order valence-electron chi connectivity index (χ0n) is 18.5. The van der Waals surface area contributed by atoms with Crippen LogP contribution in [0.25, 0.3) is 0 Å². The van der Waals surface area contributed by atoms with E-state index in [9.17, 15) is 19.8 Å². The van der Waals surface area contributed by atoms with Crippen molar-refractivity contribution in [3.05, 3.63) is 25.3 Å². The van der Waals surface area contributed by atoms with Crippen LogP contribution in [-0.4, -0.2) is 22.2 Å². The van der Waals surface area contributed by atoms with E-state index in [0.717, 1.165) is 64.2 Å². The highest BCUT2D eigenvalue weighted by Gasteiger charge is 2.20. The Labute approximate surface area is 178 Å². The zero-order chi connectivity index (χ0) is 21.7. The van der Waals surface area contributed by atoms with Crippen molar-refractivity contribution in [1.82, 2.24) is 0 Å². The van der Waals surface area contributed by atoms with E-state index in [4.69, 9.17) is 0 Å². The maximum Gasteiger partial charge on any atom is 0.306 e. The molecule has 29 heavy (non-hydrogen) atoms. The van der Waals surface area contributed by atoms with Crippen LogP contribution in [0, 0.1) is 11.8 Å². The predicted molar refractivity (Wildman–Crippen MR) is 121 cm³/mol. The highest BCUT2D eigenvalue weighted by Crippen LogP contribution is 2.23. The van der Waals surface area contributed by atoms with Gasteiger partial charge in [-0.15, -0.1) is 13.2 Å². The van der Waals surface area contributed by atoms with E-state index in [-0.39, 0.29) is 11.8 Å². The number of carbonyl (C=O) groups is 2. The molecule has 0 aliphatic heterocycles. The second-order valence-electron chi connectivity index (χ2n) is 8.27. The van der Waals surface area contributed by atoms with Crippen molar-refractivity contribution in [2.45, 2.75) is 109 Å². The largest absolute Gasteiger partial charge is 0.481 e. The molecule has 0 spiro atoms. The quantitative estimate of drug-likeness (QED) is 0.145. The van der Waals surface area contributed by atoms with Crippen molar-refractivity contribution >= 4 is 11.9 Å². The Morgan fingerprint density at radius 1 is 0.552 bits per heavy atom. The van der Waals surface area contributed by atoms with Gasteiger partial charge in [-0.3, -0.25) is 9.59 Å². The van der Waals surface area contributed by atoms with Gasteiger partial charge in [0.2, 0.25) is 0 Å². The zero-order valence-corrected chi connectivity index (χ0v) is 18.5. The molecular formula is C25H44O4. The van der Waals surface area contributed by atoms with Crippen LogP contribution in [0.1, 0.15) is 109 Å². The van der Waals surface area contributed by atoms with Gasteiger partial charge in [-0.05, 0) is 51.4 Å². The highest BCUT2D eigenvalue weighted by molar-refractivity contribution is 5.70. The smallest absolute Gasteiger partial charge is 0.306 e. The second-order valence-corrected chi connectivity index (χ2v) is 8.27. The van der Waals surface area contributed by atoms with Gasteiger partial charge in [-0.1, -0.05) is 69.9 Å². The summed E-state index contributed by atoms with van der Waals surface area (Å²) in [7, 11) is 0. The topological polar surface area (TPSA) is 74.6 Å². The van der Waals surface area contributed by atoms with E-state index >= 15 is 0 Å². The van der Waals surface area contributed by atoms with Crippen molar-refractivity contribution < 1.29 is 19.8 Å². The molecule has 2 N–H and O–H groups in total. The van der Waals surface area contributed by atoms with Crippen molar-refractivity contribution in [2.24, 2.45) is 11.8 Å². The van der Waals surface area contributed by atoms with Crippen molar-refractivity contribution in [3.63, 3.8) is 0 Å². The first-order valence-electron chi connectivity index (χ1n) is 11.7. The minimum Gasteiger partial charge on any atom is -0.481 e. The fourth-order valence-electron chi connectivity index (χ4n) is 3.81. The van der Waals surface area contributed by atoms with Gasteiger partial charge in [-0.25, -0.2) is 0 Å². The van der Waals surface area contributed by atoms with Gasteiger partial charge in [0.25, 0.3) is 0 Å². The number of rotatable bonds is 22. The highest BCUT2D eigenvalue weighted by atomic mass is 16.4. The molecule has 4 heteroatoms. The molecule has 0 heterocycles. The lowest BCUT2D eigenvalue weighted by Crippen LogP contribution is -2.17. The predicted octanol–water partition coefficient (Wildman–Crippen LogP) is 7.39. The Hall–Kier alpha value is -1.58. The third-order valence-electron chi connectivity index (χ3n) is 5.73. The average molecular weight is 409 g/mol. The van der Waals surface area contributed by atoms with Crippen molar-refractivity contribution in [3.8, 4) is 0 Å². The molecule has 2 atom stereocenters. The number of aliphatic carboxylic acids is 2. The van der Waals surface area contributed by atoms with Gasteiger partial charge < -0.3 is 10.2 Å². The Kier molecular flexibility index (Phi) is 18.6. The molecule has 0 saturated heterocycles. The Morgan fingerprint density at radius 2 is 0.862 bits per heavy atom. The van der Waals surface area contributed by atoms with E-state index in [1.165, 1.54) is 12.8 Å². The minimum absolute atomic E-state index is 0.331. The molecule has 0 bridgehead atoms. The molecule has 0 aromatic heterocycles. The molecule has 0 aromatic carbocycles.